The molecule has 5 heteroatoms. The number of hydrogen-bond donors (Lipinski definition) is 2. The quantitative estimate of drug-likeness (QED) is 0.407. The molecule has 1 N–H and O–H groups in total. The van der Waals surface area contributed by atoms with Gasteiger partial charge < -0.3 is 0 Å². The lowest BCUT2D eigenvalue weighted by molar-refractivity contribution is 0.604. The fourth-order valence-corrected chi connectivity index (χ4v) is 0.654. The standard InChI is InChI=1S/C2H6ClNO2S/c3-1-2-4-7(5)6/h7H,1-2H2,(H,4,5,6). The molecule has 0 aliphatic carbocycles. The molecule has 0 aliphatic rings. The molecular weight excluding hydrogens is 138 g/mol. The summed E-state index contributed by atoms with van der Waals surface area (Å²) in [5.41, 5.74) is 0. The van der Waals surface area contributed by atoms with E-state index in [1.807, 2.05) is 0 Å². The summed E-state index contributed by atoms with van der Waals surface area (Å²) in [5.74, 6) is 0.323. The van der Waals surface area contributed by atoms with Crippen molar-refractivity contribution in [2.45, 2.75) is 0 Å². The van der Waals surface area contributed by atoms with E-state index in [9.17, 15) is 8.42 Å². The second kappa shape index (κ2) is 4.36. The van der Waals surface area contributed by atoms with Gasteiger partial charge in [-0.25, -0.2) is 13.1 Å². The van der Waals surface area contributed by atoms with E-state index in [1.54, 1.807) is 0 Å². The first kappa shape index (κ1) is 7.20. The molecule has 0 aliphatic heterocycles. The molecular formula is C2H6ClNO2S. The summed E-state index contributed by atoms with van der Waals surface area (Å²) < 4.78 is 21.4. The van der Waals surface area contributed by atoms with Crippen molar-refractivity contribution in [1.82, 2.24) is 4.72 Å². The largest absolute Gasteiger partial charge is 0.216 e. The van der Waals surface area contributed by atoms with Crippen LogP contribution < -0.4 is 4.72 Å². The minimum Gasteiger partial charge on any atom is -0.216 e. The summed E-state index contributed by atoms with van der Waals surface area (Å²) >= 11 is 5.12. The highest BCUT2D eigenvalue weighted by atomic mass is 35.5. The minimum atomic E-state index is -2.44. The van der Waals surface area contributed by atoms with E-state index in [-0.39, 0.29) is 0 Å². The van der Waals surface area contributed by atoms with Crippen molar-refractivity contribution >= 4 is 22.5 Å². The predicted molar refractivity (Wildman–Crippen MR) is 29.0 cm³/mol. The third-order valence-corrected chi connectivity index (χ3v) is 1.01. The van der Waals surface area contributed by atoms with Crippen LogP contribution >= 0.6 is 11.6 Å². The van der Waals surface area contributed by atoms with Crippen LogP contribution in [0.25, 0.3) is 0 Å². The smallest absolute Gasteiger partial charge is 0.201 e. The van der Waals surface area contributed by atoms with Gasteiger partial charge in [0.2, 0.25) is 10.9 Å². The molecule has 0 spiro atoms. The first-order valence-corrected chi connectivity index (χ1v) is 3.42. The molecule has 0 aromatic heterocycles. The van der Waals surface area contributed by atoms with Crippen molar-refractivity contribution in [1.29, 1.82) is 0 Å². The Hall–Kier alpha value is 0.200. The van der Waals surface area contributed by atoms with Crippen LogP contribution in [0.5, 0.6) is 0 Å². The lowest BCUT2D eigenvalue weighted by Crippen LogP contribution is -2.13. The van der Waals surface area contributed by atoms with Gasteiger partial charge in [-0.3, -0.25) is 0 Å². The first-order valence-electron chi connectivity index (χ1n) is 1.71. The van der Waals surface area contributed by atoms with Gasteiger partial charge in [-0.1, -0.05) is 0 Å². The number of rotatable bonds is 3. The second-order valence-corrected chi connectivity index (χ2v) is 2.06. The predicted octanol–water partition coefficient (Wildman–Crippen LogP) is -0.659. The van der Waals surface area contributed by atoms with Crippen molar-refractivity contribution in [3.8, 4) is 0 Å². The summed E-state index contributed by atoms with van der Waals surface area (Å²) in [4.78, 5) is 0. The summed E-state index contributed by atoms with van der Waals surface area (Å²) in [6.45, 7) is 0.320. The van der Waals surface area contributed by atoms with Crippen LogP contribution in [0.3, 0.4) is 0 Å². The Morgan fingerprint density at radius 2 is 2.14 bits per heavy atom. The molecule has 0 saturated heterocycles. The molecule has 0 unspecified atom stereocenters. The third kappa shape index (κ3) is 6.20. The normalized spacial score (nSPS) is 10.0. The summed E-state index contributed by atoms with van der Waals surface area (Å²) in [6.07, 6.45) is 0. The van der Waals surface area contributed by atoms with Gasteiger partial charge in [0, 0.05) is 12.4 Å². The van der Waals surface area contributed by atoms with Crippen LogP contribution in [0.15, 0.2) is 0 Å². The second-order valence-electron chi connectivity index (χ2n) is 0.854. The van der Waals surface area contributed by atoms with E-state index >= 15 is 0 Å². The van der Waals surface area contributed by atoms with Gasteiger partial charge >= 0.3 is 0 Å². The number of alkyl halides is 1. The van der Waals surface area contributed by atoms with Crippen molar-refractivity contribution in [2.24, 2.45) is 0 Å². The minimum absolute atomic E-state index is 0.320. The number of hydrogen-bond acceptors (Lipinski definition) is 2. The lowest BCUT2D eigenvalue weighted by Gasteiger charge is -1.84. The van der Waals surface area contributed by atoms with Gasteiger partial charge in [0.1, 0.15) is 0 Å². The van der Waals surface area contributed by atoms with Gasteiger partial charge in [0.25, 0.3) is 0 Å². The lowest BCUT2D eigenvalue weighted by atomic mass is 10.8. The summed E-state index contributed by atoms with van der Waals surface area (Å²) in [6, 6.07) is 0. The molecule has 7 heavy (non-hydrogen) atoms. The Kier molecular flexibility index (Phi) is 4.49. The van der Waals surface area contributed by atoms with Gasteiger partial charge in [0.05, 0.1) is 0 Å². The van der Waals surface area contributed by atoms with Crippen molar-refractivity contribution in [2.75, 3.05) is 12.4 Å². The zero-order valence-electron chi connectivity index (χ0n) is 3.56. The molecule has 44 valence electrons. The van der Waals surface area contributed by atoms with Crippen molar-refractivity contribution in [3.63, 3.8) is 0 Å². The highest BCUT2D eigenvalue weighted by Crippen LogP contribution is 1.66. The molecule has 0 bridgehead atoms. The van der Waals surface area contributed by atoms with Crippen LogP contribution in [0.2, 0.25) is 0 Å². The van der Waals surface area contributed by atoms with Crippen LogP contribution in [0.4, 0.5) is 0 Å². The fourth-order valence-electron chi connectivity index (χ4n) is 0.134. The molecule has 0 radical (unpaired) electrons. The Bertz CT molecular complexity index is 93.9. The molecule has 3 nitrogen and oxygen atoms in total. The Morgan fingerprint density at radius 1 is 1.57 bits per heavy atom. The highest BCUT2D eigenvalue weighted by Gasteiger charge is 1.78. The Morgan fingerprint density at radius 3 is 2.29 bits per heavy atom. The molecule has 0 rings (SSSR count). The van der Waals surface area contributed by atoms with Gasteiger partial charge in [-0.15, -0.1) is 11.6 Å². The maximum atomic E-state index is 9.63. The summed E-state index contributed by atoms with van der Waals surface area (Å²) in [5, 5.41) is 0. The van der Waals surface area contributed by atoms with Crippen molar-refractivity contribution < 1.29 is 8.42 Å². The number of halogens is 1. The third-order valence-electron chi connectivity index (χ3n) is 0.335. The maximum Gasteiger partial charge on any atom is 0.201 e. The Balaban J connectivity index is 2.98. The maximum absolute atomic E-state index is 9.63. The molecule has 0 atom stereocenters. The number of thiol groups is 1. The molecule has 0 aromatic carbocycles. The zero-order valence-corrected chi connectivity index (χ0v) is 5.21. The van der Waals surface area contributed by atoms with Crippen LogP contribution in [0.1, 0.15) is 0 Å². The van der Waals surface area contributed by atoms with Crippen LogP contribution in [-0.2, 0) is 10.9 Å². The monoisotopic (exact) mass is 143 g/mol. The number of nitrogens with one attached hydrogen (secondary N) is 1. The highest BCUT2D eigenvalue weighted by molar-refractivity contribution is 7.70. The van der Waals surface area contributed by atoms with E-state index in [1.165, 1.54) is 0 Å². The van der Waals surface area contributed by atoms with Crippen molar-refractivity contribution in [3.05, 3.63) is 0 Å². The van der Waals surface area contributed by atoms with E-state index in [0.717, 1.165) is 0 Å². The van der Waals surface area contributed by atoms with E-state index in [4.69, 9.17) is 11.6 Å². The van der Waals surface area contributed by atoms with Gasteiger partial charge in [-0.05, 0) is 0 Å². The molecule has 0 fully saturated rings. The molecule has 0 heterocycles. The topological polar surface area (TPSA) is 46.2 Å². The van der Waals surface area contributed by atoms with Gasteiger partial charge in [0.15, 0.2) is 0 Å². The summed E-state index contributed by atoms with van der Waals surface area (Å²) in [7, 11) is -2.44. The van der Waals surface area contributed by atoms with E-state index in [0.29, 0.717) is 12.4 Å². The fraction of sp³-hybridized carbons (Fsp3) is 1.00. The van der Waals surface area contributed by atoms with E-state index < -0.39 is 10.9 Å². The van der Waals surface area contributed by atoms with Crippen LogP contribution in [0, 0.1) is 0 Å². The molecule has 0 saturated carbocycles. The average Bonchev–Trinajstić information content (AvgIpc) is 1.61. The van der Waals surface area contributed by atoms with Crippen LogP contribution in [-0.4, -0.2) is 20.8 Å². The average molecular weight is 144 g/mol. The van der Waals surface area contributed by atoms with E-state index in [2.05, 4.69) is 4.72 Å². The first-order chi connectivity index (χ1) is 3.27. The molecule has 0 aromatic rings. The van der Waals surface area contributed by atoms with Gasteiger partial charge in [-0.2, -0.15) is 0 Å². The SMILES string of the molecule is O=[SH](=O)NCCCl. The molecule has 0 amide bonds. The Labute approximate surface area is 48.8 Å². The zero-order chi connectivity index (χ0) is 5.70.